The second-order valence-electron chi connectivity index (χ2n) is 3.79. The number of carbonyl (C=O) groups is 1. The highest BCUT2D eigenvalue weighted by molar-refractivity contribution is 5.72. The molecular formula is C13H24O2. The molecule has 0 fully saturated rings. The molecule has 2 atom stereocenters. The van der Waals surface area contributed by atoms with E-state index in [9.17, 15) is 4.79 Å². The molecule has 0 amide bonds. The standard InChI is InChI=1S/C11H18O2.C2H6/c1-4-13-11(12)9(3)10-6-5-8(2)7-10;1-2/h5,9-10H,4,6-7H2,1-3H3;1-2H3. The molecule has 0 spiro atoms. The third-order valence-electron chi connectivity index (χ3n) is 2.72. The molecule has 88 valence electrons. The Morgan fingerprint density at radius 3 is 2.60 bits per heavy atom. The van der Waals surface area contributed by atoms with E-state index in [0.717, 1.165) is 12.8 Å². The van der Waals surface area contributed by atoms with Gasteiger partial charge in [-0.15, -0.1) is 0 Å². The molecule has 1 rings (SSSR count). The summed E-state index contributed by atoms with van der Waals surface area (Å²) < 4.78 is 4.99. The number of allylic oxidation sites excluding steroid dienone is 2. The van der Waals surface area contributed by atoms with Crippen molar-refractivity contribution in [1.82, 2.24) is 0 Å². The highest BCUT2D eigenvalue weighted by Crippen LogP contribution is 2.31. The van der Waals surface area contributed by atoms with E-state index in [1.54, 1.807) is 0 Å². The minimum absolute atomic E-state index is 0.0457. The Labute approximate surface area is 93.7 Å². The lowest BCUT2D eigenvalue weighted by atomic mass is 9.91. The highest BCUT2D eigenvalue weighted by atomic mass is 16.5. The lowest BCUT2D eigenvalue weighted by Crippen LogP contribution is -2.21. The third kappa shape index (κ3) is 4.50. The molecular weight excluding hydrogens is 188 g/mol. The quantitative estimate of drug-likeness (QED) is 0.528. The van der Waals surface area contributed by atoms with Gasteiger partial charge in [0.1, 0.15) is 0 Å². The highest BCUT2D eigenvalue weighted by Gasteiger charge is 2.27. The number of rotatable bonds is 3. The van der Waals surface area contributed by atoms with Crippen LogP contribution in [0.2, 0.25) is 0 Å². The Morgan fingerprint density at radius 2 is 2.20 bits per heavy atom. The van der Waals surface area contributed by atoms with Crippen LogP contribution in [0.1, 0.15) is 47.5 Å². The summed E-state index contributed by atoms with van der Waals surface area (Å²) in [6.45, 7) is 10.4. The average Bonchev–Trinajstić information content (AvgIpc) is 2.67. The molecule has 2 nitrogen and oxygen atoms in total. The predicted molar refractivity (Wildman–Crippen MR) is 63.6 cm³/mol. The maximum absolute atomic E-state index is 11.4. The molecule has 0 N–H and O–H groups in total. The number of ether oxygens (including phenoxy) is 1. The Balaban J connectivity index is 0.000000921. The molecule has 2 unspecified atom stereocenters. The summed E-state index contributed by atoms with van der Waals surface area (Å²) in [5, 5.41) is 0. The molecule has 0 aromatic carbocycles. The van der Waals surface area contributed by atoms with Crippen LogP contribution in [-0.4, -0.2) is 12.6 Å². The molecule has 0 aromatic rings. The second kappa shape index (κ2) is 7.49. The minimum Gasteiger partial charge on any atom is -0.466 e. The number of carbonyl (C=O) groups excluding carboxylic acids is 1. The molecule has 0 saturated carbocycles. The first-order valence-corrected chi connectivity index (χ1v) is 5.97. The van der Waals surface area contributed by atoms with Crippen LogP contribution < -0.4 is 0 Å². The van der Waals surface area contributed by atoms with Gasteiger partial charge < -0.3 is 4.74 Å². The van der Waals surface area contributed by atoms with E-state index in [4.69, 9.17) is 4.74 Å². The maximum atomic E-state index is 11.4. The molecule has 2 heteroatoms. The van der Waals surface area contributed by atoms with Crippen LogP contribution in [0, 0.1) is 11.8 Å². The summed E-state index contributed by atoms with van der Waals surface area (Å²) in [6, 6.07) is 0. The first-order valence-electron chi connectivity index (χ1n) is 5.97. The molecule has 0 radical (unpaired) electrons. The van der Waals surface area contributed by atoms with E-state index in [0.29, 0.717) is 12.5 Å². The van der Waals surface area contributed by atoms with Gasteiger partial charge in [-0.05, 0) is 32.6 Å². The van der Waals surface area contributed by atoms with Crippen LogP contribution in [0.3, 0.4) is 0 Å². The number of hydrogen-bond acceptors (Lipinski definition) is 2. The van der Waals surface area contributed by atoms with Gasteiger partial charge in [-0.2, -0.15) is 0 Å². The minimum atomic E-state index is -0.0457. The van der Waals surface area contributed by atoms with Crippen LogP contribution in [-0.2, 0) is 9.53 Å². The first kappa shape index (κ1) is 14.2. The topological polar surface area (TPSA) is 26.3 Å². The van der Waals surface area contributed by atoms with Gasteiger partial charge in [0.15, 0.2) is 0 Å². The monoisotopic (exact) mass is 212 g/mol. The zero-order valence-corrected chi connectivity index (χ0v) is 10.7. The molecule has 0 bridgehead atoms. The molecule has 1 aliphatic rings. The van der Waals surface area contributed by atoms with Crippen molar-refractivity contribution in [3.05, 3.63) is 11.6 Å². The van der Waals surface area contributed by atoms with Crippen LogP contribution in [0.5, 0.6) is 0 Å². The molecule has 0 saturated heterocycles. The molecule has 0 heterocycles. The van der Waals surface area contributed by atoms with E-state index >= 15 is 0 Å². The van der Waals surface area contributed by atoms with Crippen molar-refractivity contribution in [3.8, 4) is 0 Å². The smallest absolute Gasteiger partial charge is 0.308 e. The summed E-state index contributed by atoms with van der Waals surface area (Å²) in [5.74, 6) is 0.475. The summed E-state index contributed by atoms with van der Waals surface area (Å²) in [7, 11) is 0. The fourth-order valence-corrected chi connectivity index (χ4v) is 1.78. The van der Waals surface area contributed by atoms with Gasteiger partial charge in [-0.25, -0.2) is 0 Å². The number of esters is 1. The molecule has 1 aliphatic carbocycles. The third-order valence-corrected chi connectivity index (χ3v) is 2.72. The Hall–Kier alpha value is -0.790. The summed E-state index contributed by atoms with van der Waals surface area (Å²) in [4.78, 5) is 11.4. The van der Waals surface area contributed by atoms with E-state index in [-0.39, 0.29) is 11.9 Å². The van der Waals surface area contributed by atoms with E-state index in [2.05, 4.69) is 13.0 Å². The zero-order valence-electron chi connectivity index (χ0n) is 10.7. The fourth-order valence-electron chi connectivity index (χ4n) is 1.78. The van der Waals surface area contributed by atoms with Crippen LogP contribution in [0.25, 0.3) is 0 Å². The molecule has 0 aromatic heterocycles. The van der Waals surface area contributed by atoms with Crippen molar-refractivity contribution >= 4 is 5.97 Å². The second-order valence-corrected chi connectivity index (χ2v) is 3.79. The van der Waals surface area contributed by atoms with Crippen molar-refractivity contribution < 1.29 is 9.53 Å². The Kier molecular flexibility index (Phi) is 7.10. The van der Waals surface area contributed by atoms with Gasteiger partial charge in [-0.1, -0.05) is 32.4 Å². The van der Waals surface area contributed by atoms with Crippen LogP contribution in [0.15, 0.2) is 11.6 Å². The summed E-state index contributed by atoms with van der Waals surface area (Å²) in [5.41, 5.74) is 1.40. The summed E-state index contributed by atoms with van der Waals surface area (Å²) in [6.07, 6.45) is 4.31. The average molecular weight is 212 g/mol. The van der Waals surface area contributed by atoms with Crippen molar-refractivity contribution in [2.75, 3.05) is 6.61 Å². The maximum Gasteiger partial charge on any atom is 0.308 e. The van der Waals surface area contributed by atoms with Gasteiger partial charge in [-0.3, -0.25) is 4.79 Å². The van der Waals surface area contributed by atoms with Crippen molar-refractivity contribution in [3.63, 3.8) is 0 Å². The van der Waals surface area contributed by atoms with Crippen molar-refractivity contribution in [1.29, 1.82) is 0 Å². The van der Waals surface area contributed by atoms with Gasteiger partial charge >= 0.3 is 5.97 Å². The normalized spacial score (nSPS) is 21.1. The van der Waals surface area contributed by atoms with Crippen LogP contribution >= 0.6 is 0 Å². The predicted octanol–water partition coefficient (Wildman–Crippen LogP) is 3.57. The largest absolute Gasteiger partial charge is 0.466 e. The van der Waals surface area contributed by atoms with Gasteiger partial charge in [0.25, 0.3) is 0 Å². The van der Waals surface area contributed by atoms with Crippen LogP contribution in [0.4, 0.5) is 0 Å². The number of hydrogen-bond donors (Lipinski definition) is 0. The summed E-state index contributed by atoms with van der Waals surface area (Å²) >= 11 is 0. The Morgan fingerprint density at radius 1 is 1.60 bits per heavy atom. The Bertz CT molecular complexity index is 219. The first-order chi connectivity index (χ1) is 7.15. The van der Waals surface area contributed by atoms with Gasteiger partial charge in [0.2, 0.25) is 0 Å². The van der Waals surface area contributed by atoms with Crippen molar-refractivity contribution in [2.45, 2.75) is 47.5 Å². The molecule has 0 aliphatic heterocycles. The van der Waals surface area contributed by atoms with E-state index in [1.807, 2.05) is 27.7 Å². The van der Waals surface area contributed by atoms with E-state index < -0.39 is 0 Å². The van der Waals surface area contributed by atoms with E-state index in [1.165, 1.54) is 5.57 Å². The lowest BCUT2D eigenvalue weighted by Gasteiger charge is -2.17. The lowest BCUT2D eigenvalue weighted by molar-refractivity contribution is -0.149. The fraction of sp³-hybridized carbons (Fsp3) is 0.769. The zero-order chi connectivity index (χ0) is 11.8. The van der Waals surface area contributed by atoms with Crippen molar-refractivity contribution in [2.24, 2.45) is 11.8 Å². The van der Waals surface area contributed by atoms with Gasteiger partial charge in [0.05, 0.1) is 12.5 Å². The van der Waals surface area contributed by atoms with Gasteiger partial charge in [0, 0.05) is 0 Å². The SMILES string of the molecule is CC.CCOC(=O)C(C)C1CC=C(C)C1. The molecule has 15 heavy (non-hydrogen) atoms.